The molecule has 0 aromatic heterocycles. The van der Waals surface area contributed by atoms with Crippen LogP contribution in [0.2, 0.25) is 0 Å². The van der Waals surface area contributed by atoms with E-state index >= 15 is 0 Å². The van der Waals surface area contributed by atoms with Crippen LogP contribution in [0.1, 0.15) is 5.56 Å². The van der Waals surface area contributed by atoms with Crippen LogP contribution in [0.15, 0.2) is 48.5 Å². The molecule has 0 fully saturated rings. The molecule has 0 saturated heterocycles. The largest absolute Gasteiger partial charge is 0.492 e. The molecule has 0 spiro atoms. The number of hydrogen-bond donors (Lipinski definition) is 2. The van der Waals surface area contributed by atoms with Crippen molar-refractivity contribution < 1.29 is 9.53 Å². The normalized spacial score (nSPS) is 10.6. The number of anilines is 2. The molecule has 2 rings (SSSR count). The number of likely N-dealkylation sites (N-methyl/N-ethyl adjacent to an activating group) is 1. The molecule has 5 heteroatoms. The number of nitrogens with one attached hydrogen (secondary N) is 1. The van der Waals surface area contributed by atoms with Crippen LogP contribution in [0.25, 0.3) is 0 Å². The average molecular weight is 313 g/mol. The molecule has 0 aliphatic carbocycles. The molecule has 3 N–H and O–H groups in total. The summed E-state index contributed by atoms with van der Waals surface area (Å²) in [6.45, 7) is 1.49. The van der Waals surface area contributed by atoms with Crippen molar-refractivity contribution in [2.45, 2.75) is 6.42 Å². The predicted molar refractivity (Wildman–Crippen MR) is 93.7 cm³/mol. The maximum Gasteiger partial charge on any atom is 0.228 e. The number of ether oxygens (including phenoxy) is 1. The number of carbonyl (C=O) groups excluding carboxylic acids is 1. The Bertz CT molecular complexity index is 639. The van der Waals surface area contributed by atoms with E-state index in [1.54, 1.807) is 12.1 Å². The van der Waals surface area contributed by atoms with E-state index in [0.29, 0.717) is 18.7 Å². The molecule has 2 aromatic rings. The van der Waals surface area contributed by atoms with E-state index in [1.165, 1.54) is 0 Å². The van der Waals surface area contributed by atoms with Gasteiger partial charge in [0.25, 0.3) is 0 Å². The molecule has 0 saturated carbocycles. The Labute approximate surface area is 137 Å². The highest BCUT2D eigenvalue weighted by Gasteiger charge is 2.05. The number of nitrogen functional groups attached to an aromatic ring is 1. The summed E-state index contributed by atoms with van der Waals surface area (Å²) in [6, 6.07) is 14.7. The molecule has 1 amide bonds. The number of hydrogen-bond acceptors (Lipinski definition) is 4. The van der Waals surface area contributed by atoms with E-state index < -0.39 is 0 Å². The van der Waals surface area contributed by atoms with Crippen LogP contribution in [0.3, 0.4) is 0 Å². The first-order valence-electron chi connectivity index (χ1n) is 7.55. The van der Waals surface area contributed by atoms with Gasteiger partial charge in [-0.3, -0.25) is 4.79 Å². The second-order valence-electron chi connectivity index (χ2n) is 5.65. The van der Waals surface area contributed by atoms with Gasteiger partial charge in [0.2, 0.25) is 5.91 Å². The summed E-state index contributed by atoms with van der Waals surface area (Å²) in [5, 5.41) is 2.87. The van der Waals surface area contributed by atoms with E-state index in [2.05, 4.69) is 10.2 Å². The zero-order valence-electron chi connectivity index (χ0n) is 13.6. The summed E-state index contributed by atoms with van der Waals surface area (Å²) in [5.41, 5.74) is 8.02. The van der Waals surface area contributed by atoms with Crippen LogP contribution in [0, 0.1) is 0 Å². The van der Waals surface area contributed by atoms with Gasteiger partial charge in [0.05, 0.1) is 6.42 Å². The molecule has 0 unspecified atom stereocenters. The molecule has 0 radical (unpaired) electrons. The quantitative estimate of drug-likeness (QED) is 0.770. The lowest BCUT2D eigenvalue weighted by atomic mass is 10.1. The Balaban J connectivity index is 1.84. The minimum Gasteiger partial charge on any atom is -0.492 e. The first-order valence-corrected chi connectivity index (χ1v) is 7.55. The fourth-order valence-electron chi connectivity index (χ4n) is 2.07. The van der Waals surface area contributed by atoms with Crippen molar-refractivity contribution >= 4 is 17.3 Å². The van der Waals surface area contributed by atoms with Gasteiger partial charge in [0, 0.05) is 17.9 Å². The summed E-state index contributed by atoms with van der Waals surface area (Å²) in [5.74, 6) is 0.720. The highest BCUT2D eigenvalue weighted by atomic mass is 16.5. The monoisotopic (exact) mass is 313 g/mol. The Hall–Kier alpha value is -2.53. The Morgan fingerprint density at radius 3 is 2.57 bits per heavy atom. The zero-order valence-corrected chi connectivity index (χ0v) is 13.6. The lowest BCUT2D eigenvalue weighted by Gasteiger charge is -2.11. The van der Waals surface area contributed by atoms with Gasteiger partial charge < -0.3 is 20.7 Å². The highest BCUT2D eigenvalue weighted by molar-refractivity contribution is 5.92. The number of nitrogens with zero attached hydrogens (tertiary/aromatic N) is 1. The van der Waals surface area contributed by atoms with Crippen molar-refractivity contribution in [3.8, 4) is 5.75 Å². The van der Waals surface area contributed by atoms with Gasteiger partial charge in [-0.25, -0.2) is 0 Å². The molecule has 0 aliphatic heterocycles. The molecule has 0 aliphatic rings. The van der Waals surface area contributed by atoms with E-state index in [4.69, 9.17) is 10.5 Å². The van der Waals surface area contributed by atoms with Crippen molar-refractivity contribution in [1.82, 2.24) is 4.90 Å². The average Bonchev–Trinajstić information content (AvgIpc) is 2.48. The first kappa shape index (κ1) is 16.8. The molecule has 23 heavy (non-hydrogen) atoms. The van der Waals surface area contributed by atoms with Gasteiger partial charge in [-0.2, -0.15) is 0 Å². The van der Waals surface area contributed by atoms with Crippen LogP contribution >= 0.6 is 0 Å². The van der Waals surface area contributed by atoms with Crippen LogP contribution < -0.4 is 15.8 Å². The van der Waals surface area contributed by atoms with Crippen molar-refractivity contribution in [2.24, 2.45) is 0 Å². The lowest BCUT2D eigenvalue weighted by Crippen LogP contribution is -2.19. The van der Waals surface area contributed by atoms with Gasteiger partial charge >= 0.3 is 0 Å². The summed E-state index contributed by atoms with van der Waals surface area (Å²) in [6.07, 6.45) is 0.298. The number of amides is 1. The predicted octanol–water partition coefficient (Wildman–Crippen LogP) is 2.39. The van der Waals surface area contributed by atoms with Crippen LogP contribution in [-0.4, -0.2) is 38.1 Å². The third kappa shape index (κ3) is 6.00. The molecule has 0 atom stereocenters. The minimum atomic E-state index is -0.0723. The number of carbonyl (C=O) groups is 1. The Kier molecular flexibility index (Phi) is 6.00. The maximum atomic E-state index is 12.0. The van der Waals surface area contributed by atoms with E-state index in [9.17, 15) is 4.79 Å². The molecule has 0 bridgehead atoms. The minimum absolute atomic E-state index is 0.0723. The van der Waals surface area contributed by atoms with Crippen molar-refractivity contribution in [1.29, 1.82) is 0 Å². The lowest BCUT2D eigenvalue weighted by molar-refractivity contribution is -0.115. The summed E-state index contributed by atoms with van der Waals surface area (Å²) in [7, 11) is 4.00. The highest BCUT2D eigenvalue weighted by Crippen LogP contribution is 2.16. The summed E-state index contributed by atoms with van der Waals surface area (Å²) < 4.78 is 5.62. The molecular formula is C18H23N3O2. The van der Waals surface area contributed by atoms with Gasteiger partial charge in [-0.15, -0.1) is 0 Å². The topological polar surface area (TPSA) is 67.6 Å². The fourth-order valence-corrected chi connectivity index (χ4v) is 2.07. The smallest absolute Gasteiger partial charge is 0.228 e. The molecule has 122 valence electrons. The third-order valence-corrected chi connectivity index (χ3v) is 3.26. The Morgan fingerprint density at radius 2 is 1.91 bits per heavy atom. The third-order valence-electron chi connectivity index (χ3n) is 3.26. The van der Waals surface area contributed by atoms with Crippen molar-refractivity contribution in [3.63, 3.8) is 0 Å². The van der Waals surface area contributed by atoms with E-state index in [-0.39, 0.29) is 5.91 Å². The second kappa shape index (κ2) is 8.19. The number of rotatable bonds is 7. The van der Waals surface area contributed by atoms with Gasteiger partial charge in [0.15, 0.2) is 0 Å². The van der Waals surface area contributed by atoms with Crippen molar-refractivity contribution in [3.05, 3.63) is 54.1 Å². The SMILES string of the molecule is CN(C)CCOc1ccc(NC(=O)Cc2cccc(N)c2)cc1. The Morgan fingerprint density at radius 1 is 1.17 bits per heavy atom. The zero-order chi connectivity index (χ0) is 16.7. The van der Waals surface area contributed by atoms with E-state index in [0.717, 1.165) is 23.5 Å². The summed E-state index contributed by atoms with van der Waals surface area (Å²) >= 11 is 0. The molecule has 2 aromatic carbocycles. The van der Waals surface area contributed by atoms with Gasteiger partial charge in [-0.05, 0) is 56.1 Å². The van der Waals surface area contributed by atoms with Gasteiger partial charge in [0.1, 0.15) is 12.4 Å². The maximum absolute atomic E-state index is 12.0. The van der Waals surface area contributed by atoms with Crippen LogP contribution in [-0.2, 0) is 11.2 Å². The molecule has 5 nitrogen and oxygen atoms in total. The fraction of sp³-hybridized carbons (Fsp3) is 0.278. The first-order chi connectivity index (χ1) is 11.0. The second-order valence-corrected chi connectivity index (χ2v) is 5.65. The standard InChI is InChI=1S/C18H23N3O2/c1-21(2)10-11-23-17-8-6-16(7-9-17)20-18(22)13-14-4-3-5-15(19)12-14/h3-9,12H,10-11,13,19H2,1-2H3,(H,20,22). The van der Waals surface area contributed by atoms with Crippen LogP contribution in [0.5, 0.6) is 5.75 Å². The number of benzene rings is 2. The number of nitrogens with two attached hydrogens (primary N) is 1. The van der Waals surface area contributed by atoms with Crippen LogP contribution in [0.4, 0.5) is 11.4 Å². The van der Waals surface area contributed by atoms with Crippen molar-refractivity contribution in [2.75, 3.05) is 38.3 Å². The van der Waals surface area contributed by atoms with Gasteiger partial charge in [-0.1, -0.05) is 12.1 Å². The summed E-state index contributed by atoms with van der Waals surface area (Å²) in [4.78, 5) is 14.1. The molecule has 0 heterocycles. The van der Waals surface area contributed by atoms with E-state index in [1.807, 2.05) is 50.5 Å². The molecular weight excluding hydrogens is 290 g/mol.